The van der Waals surface area contributed by atoms with Crippen molar-refractivity contribution >= 4 is 8.37 Å². The van der Waals surface area contributed by atoms with Crippen LogP contribution in [0.25, 0.3) is 0 Å². The van der Waals surface area contributed by atoms with Crippen LogP contribution in [0.3, 0.4) is 0 Å². The number of hydrogen-bond acceptors (Lipinski definition) is 1. The maximum atomic E-state index is 4.39. The molecule has 1 nitrogen and oxygen atoms in total. The SMILES string of the molecule is C=CC(/C=C(C)/N=P/C)C/C(CC)=C(\C)C(C)C. The third-order valence-electron chi connectivity index (χ3n) is 3.35. The number of rotatable bonds is 7. The molecule has 0 fully saturated rings. The van der Waals surface area contributed by atoms with Crippen molar-refractivity contribution in [3.8, 4) is 0 Å². The van der Waals surface area contributed by atoms with E-state index in [1.807, 2.05) is 12.7 Å². The quantitative estimate of drug-likeness (QED) is 0.382. The molecule has 0 aliphatic carbocycles. The fourth-order valence-electron chi connectivity index (χ4n) is 1.99. The average Bonchev–Trinajstić information content (AvgIpc) is 2.33. The van der Waals surface area contributed by atoms with Gasteiger partial charge in [-0.25, -0.2) is 4.74 Å². The van der Waals surface area contributed by atoms with Crippen LogP contribution in [-0.2, 0) is 0 Å². The molecule has 102 valence electrons. The van der Waals surface area contributed by atoms with Crippen molar-refractivity contribution in [2.75, 3.05) is 6.66 Å². The summed E-state index contributed by atoms with van der Waals surface area (Å²) in [4.78, 5) is 0. The topological polar surface area (TPSA) is 12.4 Å². The summed E-state index contributed by atoms with van der Waals surface area (Å²) in [5.74, 6) is 1.04. The van der Waals surface area contributed by atoms with Gasteiger partial charge in [-0.05, 0) is 39.3 Å². The Morgan fingerprint density at radius 3 is 2.33 bits per heavy atom. The average molecular weight is 265 g/mol. The molecule has 0 bridgehead atoms. The third-order valence-corrected chi connectivity index (χ3v) is 3.86. The molecule has 1 atom stereocenters. The van der Waals surface area contributed by atoms with Gasteiger partial charge < -0.3 is 0 Å². The first-order valence-electron chi connectivity index (χ1n) is 6.75. The summed E-state index contributed by atoms with van der Waals surface area (Å²) >= 11 is 0. The molecule has 0 amide bonds. The fraction of sp³-hybridized carbons (Fsp3) is 0.625. The molecule has 0 aromatic heterocycles. The second-order valence-corrected chi connectivity index (χ2v) is 5.61. The van der Waals surface area contributed by atoms with Crippen molar-refractivity contribution in [3.05, 3.63) is 35.6 Å². The molecule has 0 aliphatic heterocycles. The van der Waals surface area contributed by atoms with Gasteiger partial charge in [0.2, 0.25) is 0 Å². The van der Waals surface area contributed by atoms with Crippen LogP contribution in [-0.4, -0.2) is 6.66 Å². The maximum Gasteiger partial charge on any atom is 0.0384 e. The number of hydrogen-bond donors (Lipinski definition) is 0. The van der Waals surface area contributed by atoms with E-state index in [1.165, 1.54) is 5.57 Å². The van der Waals surface area contributed by atoms with E-state index in [9.17, 15) is 0 Å². The zero-order valence-electron chi connectivity index (χ0n) is 12.8. The predicted molar refractivity (Wildman–Crippen MR) is 85.2 cm³/mol. The van der Waals surface area contributed by atoms with E-state index in [0.717, 1.165) is 26.9 Å². The highest BCUT2D eigenvalue weighted by Gasteiger charge is 2.09. The van der Waals surface area contributed by atoms with Gasteiger partial charge in [0.15, 0.2) is 0 Å². The van der Waals surface area contributed by atoms with Gasteiger partial charge in [-0.3, -0.25) is 0 Å². The second kappa shape index (κ2) is 9.28. The molecule has 0 aliphatic rings. The first-order valence-corrected chi connectivity index (χ1v) is 8.04. The molecule has 0 saturated carbocycles. The molecule has 0 saturated heterocycles. The van der Waals surface area contributed by atoms with Gasteiger partial charge in [0.05, 0.1) is 0 Å². The lowest BCUT2D eigenvalue weighted by atomic mass is 9.89. The van der Waals surface area contributed by atoms with Crippen molar-refractivity contribution in [1.82, 2.24) is 0 Å². The Balaban J connectivity index is 4.97. The minimum atomic E-state index is 0.402. The minimum Gasteiger partial charge on any atom is -0.238 e. The van der Waals surface area contributed by atoms with Crippen molar-refractivity contribution in [1.29, 1.82) is 0 Å². The van der Waals surface area contributed by atoms with Crippen LogP contribution in [0, 0.1) is 11.8 Å². The van der Waals surface area contributed by atoms with Gasteiger partial charge in [-0.1, -0.05) is 44.1 Å². The van der Waals surface area contributed by atoms with E-state index >= 15 is 0 Å². The third kappa shape index (κ3) is 6.31. The van der Waals surface area contributed by atoms with Crippen LogP contribution in [0.2, 0.25) is 0 Å². The van der Waals surface area contributed by atoms with E-state index < -0.39 is 0 Å². The largest absolute Gasteiger partial charge is 0.238 e. The zero-order chi connectivity index (χ0) is 14.1. The summed E-state index contributed by atoms with van der Waals surface area (Å²) in [5.41, 5.74) is 4.20. The number of nitrogens with zero attached hydrogens (tertiary/aromatic N) is 1. The van der Waals surface area contributed by atoms with E-state index in [0.29, 0.717) is 11.8 Å². The zero-order valence-corrected chi connectivity index (χ0v) is 13.7. The predicted octanol–water partition coefficient (Wildman–Crippen LogP) is 6.22. The van der Waals surface area contributed by atoms with Crippen LogP contribution in [0.15, 0.2) is 40.3 Å². The van der Waals surface area contributed by atoms with E-state index in [2.05, 4.69) is 52.0 Å². The molecule has 0 spiro atoms. The lowest BCUT2D eigenvalue weighted by molar-refractivity contribution is 0.695. The molecule has 18 heavy (non-hydrogen) atoms. The van der Waals surface area contributed by atoms with Crippen LogP contribution in [0.1, 0.15) is 47.5 Å². The Hall–Kier alpha value is -0.680. The minimum absolute atomic E-state index is 0.402. The Kier molecular flexibility index (Phi) is 8.93. The Morgan fingerprint density at radius 1 is 1.33 bits per heavy atom. The molecular formula is C16H28NP. The van der Waals surface area contributed by atoms with Crippen LogP contribution in [0.4, 0.5) is 0 Å². The van der Waals surface area contributed by atoms with Gasteiger partial charge >= 0.3 is 0 Å². The first-order chi connectivity index (χ1) is 8.46. The Labute approximate surface area is 115 Å². The Morgan fingerprint density at radius 2 is 1.94 bits per heavy atom. The van der Waals surface area contributed by atoms with Crippen LogP contribution < -0.4 is 0 Å². The maximum absolute atomic E-state index is 4.39. The molecular weight excluding hydrogens is 237 g/mol. The summed E-state index contributed by atoms with van der Waals surface area (Å²) in [6.07, 6.45) is 6.48. The highest BCUT2D eigenvalue weighted by atomic mass is 31.1. The summed E-state index contributed by atoms with van der Waals surface area (Å²) < 4.78 is 4.39. The van der Waals surface area contributed by atoms with Crippen molar-refractivity contribution < 1.29 is 0 Å². The highest BCUT2D eigenvalue weighted by Crippen LogP contribution is 2.25. The van der Waals surface area contributed by atoms with Gasteiger partial charge in [-0.2, -0.15) is 0 Å². The second-order valence-electron chi connectivity index (χ2n) is 5.01. The van der Waals surface area contributed by atoms with Crippen molar-refractivity contribution in [2.24, 2.45) is 16.6 Å². The molecule has 0 aromatic carbocycles. The molecule has 0 heterocycles. The lowest BCUT2D eigenvalue weighted by Crippen LogP contribution is -2.01. The first kappa shape index (κ1) is 17.3. The number of allylic oxidation sites excluding steroid dienone is 5. The van der Waals surface area contributed by atoms with Gasteiger partial charge in [-0.15, -0.1) is 6.58 Å². The van der Waals surface area contributed by atoms with Crippen LogP contribution in [0.5, 0.6) is 0 Å². The van der Waals surface area contributed by atoms with E-state index in [4.69, 9.17) is 0 Å². The molecule has 0 rings (SSSR count). The monoisotopic (exact) mass is 265 g/mol. The van der Waals surface area contributed by atoms with Crippen LogP contribution >= 0.6 is 8.37 Å². The van der Waals surface area contributed by atoms with Crippen molar-refractivity contribution in [3.63, 3.8) is 0 Å². The highest BCUT2D eigenvalue weighted by molar-refractivity contribution is 7.25. The molecule has 0 N–H and O–H groups in total. The normalized spacial score (nSPS) is 16.1. The summed E-state index contributed by atoms with van der Waals surface area (Å²) in [7, 11) is 1.07. The molecule has 1 unspecified atom stereocenters. The summed E-state index contributed by atoms with van der Waals surface area (Å²) in [5, 5.41) is 0. The lowest BCUT2D eigenvalue weighted by Gasteiger charge is -2.17. The molecule has 0 aromatic rings. The summed E-state index contributed by atoms with van der Waals surface area (Å²) in [6.45, 7) is 17.1. The fourth-order valence-corrected chi connectivity index (χ4v) is 2.37. The van der Waals surface area contributed by atoms with E-state index in [1.54, 1.807) is 5.57 Å². The standard InChI is InChI=1S/C16H28NP/c1-8-15(10-13(5)17-18-7)11-16(9-2)14(6)12(3)4/h8,10,12,15H,1,9,11H2,2-7H3/b13-10+,16-14+. The van der Waals surface area contributed by atoms with Gasteiger partial charge in [0.25, 0.3) is 0 Å². The summed E-state index contributed by atoms with van der Waals surface area (Å²) in [6, 6.07) is 0. The van der Waals surface area contributed by atoms with Gasteiger partial charge in [0, 0.05) is 20.0 Å². The molecule has 0 radical (unpaired) electrons. The smallest absolute Gasteiger partial charge is 0.0384 e. The van der Waals surface area contributed by atoms with Crippen molar-refractivity contribution in [2.45, 2.75) is 47.5 Å². The van der Waals surface area contributed by atoms with Gasteiger partial charge in [0.1, 0.15) is 0 Å². The van der Waals surface area contributed by atoms with E-state index in [-0.39, 0.29) is 0 Å². The molecule has 2 heteroatoms. The Bertz CT molecular complexity index is 348.